The van der Waals surface area contributed by atoms with Gasteiger partial charge in [-0.1, -0.05) is 12.1 Å². The molecule has 1 fully saturated rings. The van der Waals surface area contributed by atoms with Gasteiger partial charge < -0.3 is 25.0 Å². The summed E-state index contributed by atoms with van der Waals surface area (Å²) in [5, 5.41) is 5.12. The van der Waals surface area contributed by atoms with Crippen molar-refractivity contribution in [2.75, 3.05) is 58.0 Å². The van der Waals surface area contributed by atoms with Crippen LogP contribution in [0.5, 0.6) is 0 Å². The predicted octanol–water partition coefficient (Wildman–Crippen LogP) is 0.335. The van der Waals surface area contributed by atoms with Crippen LogP contribution in [-0.4, -0.2) is 64.9 Å². The molecule has 0 bridgehead atoms. The van der Waals surface area contributed by atoms with Gasteiger partial charge >= 0.3 is 11.8 Å². The quantitative estimate of drug-likeness (QED) is 0.522. The van der Waals surface area contributed by atoms with Crippen LogP contribution in [0.1, 0.15) is 12.0 Å². The second-order valence-electron chi connectivity index (χ2n) is 5.87. The number of hydrogen-bond donors (Lipinski definition) is 2. The Morgan fingerprint density at radius 2 is 1.72 bits per heavy atom. The van der Waals surface area contributed by atoms with Crippen molar-refractivity contribution >= 4 is 17.5 Å². The number of carbonyl (C=O) groups is 2. The Balaban J connectivity index is 1.64. The minimum absolute atomic E-state index is 0.332. The molecule has 1 aromatic carbocycles. The highest BCUT2D eigenvalue weighted by Gasteiger charge is 2.12. The molecule has 0 spiro atoms. The van der Waals surface area contributed by atoms with Gasteiger partial charge in [0, 0.05) is 39.0 Å². The summed E-state index contributed by atoms with van der Waals surface area (Å²) in [6.07, 6.45) is 1.64. The number of ether oxygens (including phenoxy) is 2. The van der Waals surface area contributed by atoms with E-state index in [1.807, 2.05) is 0 Å². The molecular weight excluding hydrogens is 322 g/mol. The first kappa shape index (κ1) is 19.2. The minimum atomic E-state index is -0.619. The Morgan fingerprint density at radius 3 is 2.36 bits per heavy atom. The van der Waals surface area contributed by atoms with Crippen molar-refractivity contribution < 1.29 is 19.1 Å². The van der Waals surface area contributed by atoms with Crippen molar-refractivity contribution in [3.63, 3.8) is 0 Å². The Bertz CT molecular complexity index is 542. The Hall–Kier alpha value is -2.12. The van der Waals surface area contributed by atoms with Crippen molar-refractivity contribution in [3.8, 4) is 0 Å². The van der Waals surface area contributed by atoms with E-state index >= 15 is 0 Å². The third kappa shape index (κ3) is 6.72. The molecule has 2 rings (SSSR count). The number of benzene rings is 1. The molecule has 0 aliphatic carbocycles. The molecule has 1 saturated heterocycles. The van der Waals surface area contributed by atoms with Gasteiger partial charge in [-0.25, -0.2) is 0 Å². The average molecular weight is 349 g/mol. The molecule has 1 aliphatic heterocycles. The van der Waals surface area contributed by atoms with Crippen molar-refractivity contribution in [3.05, 3.63) is 29.8 Å². The summed E-state index contributed by atoms with van der Waals surface area (Å²) in [7, 11) is 1.54. The molecule has 0 atom stereocenters. The summed E-state index contributed by atoms with van der Waals surface area (Å²) in [5.41, 5.74) is 2.43. The van der Waals surface area contributed by atoms with E-state index in [9.17, 15) is 9.59 Å². The molecule has 138 valence electrons. The molecule has 7 nitrogen and oxygen atoms in total. The van der Waals surface area contributed by atoms with Gasteiger partial charge in [-0.3, -0.25) is 9.59 Å². The molecule has 1 heterocycles. The summed E-state index contributed by atoms with van der Waals surface area (Å²) in [6.45, 7) is 4.61. The van der Waals surface area contributed by atoms with E-state index in [2.05, 4.69) is 39.8 Å². The van der Waals surface area contributed by atoms with Crippen LogP contribution in [-0.2, 0) is 25.5 Å². The van der Waals surface area contributed by atoms with E-state index in [1.54, 1.807) is 7.11 Å². The maximum absolute atomic E-state index is 11.6. The standard InChI is InChI=1S/C18H27N3O4/c1-24-12-9-20-18(23)17(22)19-8-2-3-15-4-6-16(7-5-15)21-10-13-25-14-11-21/h4-7H,2-3,8-14H2,1H3,(H,19,22)(H,20,23). The van der Waals surface area contributed by atoms with Gasteiger partial charge in [0.15, 0.2) is 0 Å². The molecule has 2 N–H and O–H groups in total. The molecule has 0 unspecified atom stereocenters. The SMILES string of the molecule is COCCNC(=O)C(=O)NCCCc1ccc(N2CCOCC2)cc1. The third-order valence-electron chi connectivity index (χ3n) is 4.04. The van der Waals surface area contributed by atoms with Gasteiger partial charge in [0.1, 0.15) is 0 Å². The van der Waals surface area contributed by atoms with Gasteiger partial charge in [-0.2, -0.15) is 0 Å². The fraction of sp³-hybridized carbons (Fsp3) is 0.556. The third-order valence-corrected chi connectivity index (χ3v) is 4.04. The van der Waals surface area contributed by atoms with Crippen LogP contribution in [0.4, 0.5) is 5.69 Å². The number of rotatable bonds is 8. The van der Waals surface area contributed by atoms with Gasteiger partial charge in [0.05, 0.1) is 19.8 Å². The van der Waals surface area contributed by atoms with Crippen LogP contribution in [0.2, 0.25) is 0 Å². The number of amides is 2. The first-order valence-electron chi connectivity index (χ1n) is 8.67. The Kier molecular flexibility index (Phi) is 8.21. The second kappa shape index (κ2) is 10.7. The highest BCUT2D eigenvalue weighted by molar-refractivity contribution is 6.35. The number of anilines is 1. The number of carbonyl (C=O) groups excluding carboxylic acids is 2. The molecule has 0 radical (unpaired) electrons. The molecule has 2 amide bonds. The van der Waals surface area contributed by atoms with E-state index in [1.165, 1.54) is 11.3 Å². The molecule has 25 heavy (non-hydrogen) atoms. The van der Waals surface area contributed by atoms with Crippen LogP contribution in [0.25, 0.3) is 0 Å². The lowest BCUT2D eigenvalue weighted by molar-refractivity contribution is -0.139. The molecule has 1 aliphatic rings. The smallest absolute Gasteiger partial charge is 0.309 e. The lowest BCUT2D eigenvalue weighted by atomic mass is 10.1. The fourth-order valence-electron chi connectivity index (χ4n) is 2.62. The van der Waals surface area contributed by atoms with Crippen molar-refractivity contribution in [2.24, 2.45) is 0 Å². The minimum Gasteiger partial charge on any atom is -0.383 e. The predicted molar refractivity (Wildman–Crippen MR) is 95.7 cm³/mol. The first-order valence-corrected chi connectivity index (χ1v) is 8.67. The summed E-state index contributed by atoms with van der Waals surface area (Å²) in [4.78, 5) is 25.4. The zero-order valence-electron chi connectivity index (χ0n) is 14.8. The van der Waals surface area contributed by atoms with Gasteiger partial charge in [-0.15, -0.1) is 0 Å². The number of methoxy groups -OCH3 is 1. The van der Waals surface area contributed by atoms with Crippen LogP contribution >= 0.6 is 0 Å². The second-order valence-corrected chi connectivity index (χ2v) is 5.87. The van der Waals surface area contributed by atoms with Crippen LogP contribution < -0.4 is 15.5 Å². The van der Waals surface area contributed by atoms with Crippen molar-refractivity contribution in [2.45, 2.75) is 12.8 Å². The van der Waals surface area contributed by atoms with Crippen LogP contribution in [0, 0.1) is 0 Å². The van der Waals surface area contributed by atoms with Gasteiger partial charge in [-0.05, 0) is 30.5 Å². The zero-order chi connectivity index (χ0) is 17.9. The molecule has 0 saturated carbocycles. The summed E-state index contributed by atoms with van der Waals surface area (Å²) < 4.78 is 10.2. The first-order chi connectivity index (χ1) is 12.2. The van der Waals surface area contributed by atoms with E-state index in [-0.39, 0.29) is 0 Å². The Morgan fingerprint density at radius 1 is 1.08 bits per heavy atom. The summed E-state index contributed by atoms with van der Waals surface area (Å²) >= 11 is 0. The summed E-state index contributed by atoms with van der Waals surface area (Å²) in [6, 6.07) is 8.49. The maximum atomic E-state index is 11.6. The number of nitrogens with one attached hydrogen (secondary N) is 2. The van der Waals surface area contributed by atoms with Crippen LogP contribution in [0.15, 0.2) is 24.3 Å². The van der Waals surface area contributed by atoms with E-state index < -0.39 is 11.8 Å². The zero-order valence-corrected chi connectivity index (χ0v) is 14.8. The van der Waals surface area contributed by atoms with Crippen LogP contribution in [0.3, 0.4) is 0 Å². The van der Waals surface area contributed by atoms with E-state index in [0.717, 1.165) is 39.1 Å². The van der Waals surface area contributed by atoms with Gasteiger partial charge in [0.25, 0.3) is 0 Å². The maximum Gasteiger partial charge on any atom is 0.309 e. The molecule has 1 aromatic rings. The largest absolute Gasteiger partial charge is 0.383 e. The number of hydrogen-bond acceptors (Lipinski definition) is 5. The topological polar surface area (TPSA) is 79.9 Å². The normalized spacial score (nSPS) is 14.2. The number of aryl methyl sites for hydroxylation is 1. The van der Waals surface area contributed by atoms with Crippen molar-refractivity contribution in [1.29, 1.82) is 0 Å². The van der Waals surface area contributed by atoms with E-state index in [4.69, 9.17) is 9.47 Å². The van der Waals surface area contributed by atoms with E-state index in [0.29, 0.717) is 19.7 Å². The molecular formula is C18H27N3O4. The highest BCUT2D eigenvalue weighted by Crippen LogP contribution is 2.17. The van der Waals surface area contributed by atoms with Gasteiger partial charge in [0.2, 0.25) is 0 Å². The Labute approximate surface area is 148 Å². The lowest BCUT2D eigenvalue weighted by Gasteiger charge is -2.28. The number of nitrogens with zero attached hydrogens (tertiary/aromatic N) is 1. The lowest BCUT2D eigenvalue weighted by Crippen LogP contribution is -2.41. The molecule has 7 heteroatoms. The monoisotopic (exact) mass is 349 g/mol. The highest BCUT2D eigenvalue weighted by atomic mass is 16.5. The summed E-state index contributed by atoms with van der Waals surface area (Å²) in [5.74, 6) is -1.22. The fourth-order valence-corrected chi connectivity index (χ4v) is 2.62. The van der Waals surface area contributed by atoms with Crippen molar-refractivity contribution in [1.82, 2.24) is 10.6 Å². The number of morpholine rings is 1. The molecule has 0 aromatic heterocycles. The average Bonchev–Trinajstić information content (AvgIpc) is 2.66.